The molecule has 0 aromatic heterocycles. The summed E-state index contributed by atoms with van der Waals surface area (Å²) in [6, 6.07) is 18.4. The van der Waals surface area contributed by atoms with E-state index in [1.807, 2.05) is 56.3 Å². The number of rotatable bonds is 7. The zero-order chi connectivity index (χ0) is 17.6. The lowest BCUT2D eigenvalue weighted by molar-refractivity contribution is 0.132. The van der Waals surface area contributed by atoms with Crippen molar-refractivity contribution in [3.8, 4) is 5.75 Å². The van der Waals surface area contributed by atoms with Crippen LogP contribution in [0.3, 0.4) is 0 Å². The minimum atomic E-state index is -0.316. The predicted octanol–water partition coefficient (Wildman–Crippen LogP) is 4.50. The molecule has 0 bridgehead atoms. The molecule has 2 atom stereocenters. The lowest BCUT2D eigenvalue weighted by atomic mass is 10.1. The Bertz CT molecular complexity index is 682. The van der Waals surface area contributed by atoms with E-state index in [1.165, 1.54) is 5.56 Å². The lowest BCUT2D eigenvalue weighted by Gasteiger charge is -2.09. The Morgan fingerprint density at radius 2 is 1.84 bits per heavy atom. The van der Waals surface area contributed by atoms with E-state index in [0.717, 1.165) is 17.7 Å². The van der Waals surface area contributed by atoms with Crippen LogP contribution in [-0.4, -0.2) is 18.7 Å². The zero-order valence-corrected chi connectivity index (χ0v) is 14.8. The molecule has 0 unspecified atom stereocenters. The van der Waals surface area contributed by atoms with Gasteiger partial charge < -0.3 is 14.8 Å². The minimum absolute atomic E-state index is 0.177. The molecule has 4 heteroatoms. The third-order valence-corrected chi connectivity index (χ3v) is 4.20. The molecule has 25 heavy (non-hydrogen) atoms. The van der Waals surface area contributed by atoms with E-state index in [-0.39, 0.29) is 12.1 Å². The molecule has 2 aromatic rings. The molecule has 3 rings (SSSR count). The third kappa shape index (κ3) is 5.24. The number of carbonyl (C=O) groups is 1. The fraction of sp³-hybridized carbons (Fsp3) is 0.381. The maximum Gasteiger partial charge on any atom is 0.407 e. The first-order valence-corrected chi connectivity index (χ1v) is 8.82. The summed E-state index contributed by atoms with van der Waals surface area (Å²) in [4.78, 5) is 11.7. The first-order chi connectivity index (χ1) is 12.1. The van der Waals surface area contributed by atoms with E-state index in [4.69, 9.17) is 9.47 Å². The van der Waals surface area contributed by atoms with Gasteiger partial charge in [-0.25, -0.2) is 4.79 Å². The van der Waals surface area contributed by atoms with Crippen LogP contribution < -0.4 is 10.1 Å². The molecular weight excluding hydrogens is 314 g/mol. The van der Waals surface area contributed by atoms with Crippen molar-refractivity contribution >= 4 is 6.09 Å². The van der Waals surface area contributed by atoms with Gasteiger partial charge in [0.05, 0.1) is 6.61 Å². The molecule has 1 fully saturated rings. The van der Waals surface area contributed by atoms with Crippen molar-refractivity contribution in [3.63, 3.8) is 0 Å². The highest BCUT2D eigenvalue weighted by atomic mass is 16.5. The van der Waals surface area contributed by atoms with Gasteiger partial charge in [-0.2, -0.15) is 0 Å². The van der Waals surface area contributed by atoms with Crippen LogP contribution in [0.1, 0.15) is 37.3 Å². The SMILES string of the molecule is CC(C)COC(=O)N[C@@H]1C[C@H]1c1ccc(OCc2ccccc2)cc1. The number of amides is 1. The normalized spacial score (nSPS) is 18.7. The highest BCUT2D eigenvalue weighted by Crippen LogP contribution is 2.41. The van der Waals surface area contributed by atoms with Gasteiger partial charge in [-0.1, -0.05) is 56.3 Å². The van der Waals surface area contributed by atoms with Gasteiger partial charge in [-0.05, 0) is 35.6 Å². The van der Waals surface area contributed by atoms with E-state index >= 15 is 0 Å². The smallest absolute Gasteiger partial charge is 0.407 e. The molecule has 1 amide bonds. The molecule has 1 saturated carbocycles. The average Bonchev–Trinajstić information content (AvgIpc) is 3.38. The van der Waals surface area contributed by atoms with Crippen LogP contribution in [0.25, 0.3) is 0 Å². The van der Waals surface area contributed by atoms with E-state index < -0.39 is 0 Å². The van der Waals surface area contributed by atoms with Gasteiger partial charge in [-0.15, -0.1) is 0 Å². The molecule has 0 aliphatic heterocycles. The number of alkyl carbamates (subject to hydrolysis) is 1. The van der Waals surface area contributed by atoms with Gasteiger partial charge in [0.25, 0.3) is 0 Å². The fourth-order valence-electron chi connectivity index (χ4n) is 2.71. The van der Waals surface area contributed by atoms with Gasteiger partial charge in [0.1, 0.15) is 12.4 Å². The van der Waals surface area contributed by atoms with Gasteiger partial charge in [-0.3, -0.25) is 0 Å². The van der Waals surface area contributed by atoms with E-state index in [0.29, 0.717) is 25.0 Å². The van der Waals surface area contributed by atoms with E-state index in [1.54, 1.807) is 0 Å². The second kappa shape index (κ2) is 8.06. The quantitative estimate of drug-likeness (QED) is 0.808. The van der Waals surface area contributed by atoms with E-state index in [9.17, 15) is 4.79 Å². The molecule has 1 N–H and O–H groups in total. The molecule has 2 aromatic carbocycles. The predicted molar refractivity (Wildman–Crippen MR) is 97.7 cm³/mol. The number of ether oxygens (including phenoxy) is 2. The van der Waals surface area contributed by atoms with Crippen LogP contribution >= 0.6 is 0 Å². The zero-order valence-electron chi connectivity index (χ0n) is 14.8. The van der Waals surface area contributed by atoms with Crippen molar-refractivity contribution in [2.45, 2.75) is 38.8 Å². The van der Waals surface area contributed by atoms with Crippen LogP contribution in [0, 0.1) is 5.92 Å². The number of nitrogens with one attached hydrogen (secondary N) is 1. The molecule has 0 radical (unpaired) electrons. The summed E-state index contributed by atoms with van der Waals surface area (Å²) < 4.78 is 11.0. The first-order valence-electron chi connectivity index (χ1n) is 8.82. The monoisotopic (exact) mass is 339 g/mol. The van der Waals surface area contributed by atoms with Gasteiger partial charge in [0.15, 0.2) is 0 Å². The molecule has 1 aliphatic carbocycles. The van der Waals surface area contributed by atoms with Crippen molar-refractivity contribution in [2.24, 2.45) is 5.92 Å². The summed E-state index contributed by atoms with van der Waals surface area (Å²) in [6.45, 7) is 5.06. The standard InChI is InChI=1S/C21H25NO3/c1-15(2)13-25-21(23)22-20-12-19(20)17-8-10-18(11-9-17)24-14-16-6-4-3-5-7-16/h3-11,15,19-20H,12-14H2,1-2H3,(H,22,23)/t19-,20+/m0/s1. The minimum Gasteiger partial charge on any atom is -0.489 e. The van der Waals surface area contributed by atoms with Gasteiger partial charge in [0.2, 0.25) is 0 Å². The average molecular weight is 339 g/mol. The van der Waals surface area contributed by atoms with Gasteiger partial charge in [0, 0.05) is 12.0 Å². The lowest BCUT2D eigenvalue weighted by Crippen LogP contribution is -2.28. The maximum absolute atomic E-state index is 11.7. The molecular formula is C21H25NO3. The summed E-state index contributed by atoms with van der Waals surface area (Å²) >= 11 is 0. The van der Waals surface area contributed by atoms with Crippen LogP contribution in [0.4, 0.5) is 4.79 Å². The van der Waals surface area contributed by atoms with Crippen LogP contribution in [-0.2, 0) is 11.3 Å². The Kier molecular flexibility index (Phi) is 5.59. The summed E-state index contributed by atoms with van der Waals surface area (Å²) in [7, 11) is 0. The van der Waals surface area contributed by atoms with E-state index in [2.05, 4.69) is 17.4 Å². The third-order valence-electron chi connectivity index (χ3n) is 4.20. The fourth-order valence-corrected chi connectivity index (χ4v) is 2.71. The van der Waals surface area contributed by atoms with Crippen LogP contribution in [0.2, 0.25) is 0 Å². The molecule has 1 aliphatic rings. The highest BCUT2D eigenvalue weighted by molar-refractivity contribution is 5.68. The number of hydrogen-bond donors (Lipinski definition) is 1. The Hall–Kier alpha value is -2.49. The molecule has 0 heterocycles. The molecule has 0 spiro atoms. The Morgan fingerprint density at radius 3 is 2.52 bits per heavy atom. The molecule has 4 nitrogen and oxygen atoms in total. The second-order valence-corrected chi connectivity index (χ2v) is 6.93. The molecule has 0 saturated heterocycles. The largest absolute Gasteiger partial charge is 0.489 e. The summed E-state index contributed by atoms with van der Waals surface area (Å²) in [5, 5.41) is 2.93. The topological polar surface area (TPSA) is 47.6 Å². The second-order valence-electron chi connectivity index (χ2n) is 6.93. The first kappa shape index (κ1) is 17.3. The van der Waals surface area contributed by atoms with Crippen molar-refractivity contribution in [3.05, 3.63) is 65.7 Å². The van der Waals surface area contributed by atoms with Crippen molar-refractivity contribution in [1.82, 2.24) is 5.32 Å². The Morgan fingerprint density at radius 1 is 1.12 bits per heavy atom. The Labute approximate surface area is 149 Å². The van der Waals surface area contributed by atoms with Crippen molar-refractivity contribution in [1.29, 1.82) is 0 Å². The Balaban J connectivity index is 1.45. The highest BCUT2D eigenvalue weighted by Gasteiger charge is 2.39. The van der Waals surface area contributed by atoms with Crippen molar-refractivity contribution in [2.75, 3.05) is 6.61 Å². The van der Waals surface area contributed by atoms with Gasteiger partial charge >= 0.3 is 6.09 Å². The summed E-state index contributed by atoms with van der Waals surface area (Å²) in [5.74, 6) is 1.58. The van der Waals surface area contributed by atoms with Crippen LogP contribution in [0.15, 0.2) is 54.6 Å². The summed E-state index contributed by atoms with van der Waals surface area (Å²) in [6.07, 6.45) is 0.644. The number of carbonyl (C=O) groups excluding carboxylic acids is 1. The molecule has 132 valence electrons. The number of hydrogen-bond acceptors (Lipinski definition) is 3. The van der Waals surface area contributed by atoms with Crippen LogP contribution in [0.5, 0.6) is 5.75 Å². The van der Waals surface area contributed by atoms with Crippen molar-refractivity contribution < 1.29 is 14.3 Å². The maximum atomic E-state index is 11.7. The summed E-state index contributed by atoms with van der Waals surface area (Å²) in [5.41, 5.74) is 2.37. The number of benzene rings is 2.